The van der Waals surface area contributed by atoms with Crippen LogP contribution in [0.3, 0.4) is 0 Å². The van der Waals surface area contributed by atoms with Crippen LogP contribution >= 0.6 is 0 Å². The van der Waals surface area contributed by atoms with Crippen molar-refractivity contribution in [2.75, 3.05) is 20.3 Å². The maximum atomic E-state index is 11.7. The minimum absolute atomic E-state index is 0.0834. The molecule has 0 spiro atoms. The number of para-hydroxylation sites is 1. The first kappa shape index (κ1) is 17.5. The van der Waals surface area contributed by atoms with Crippen LogP contribution in [-0.4, -0.2) is 43.5 Å². The lowest BCUT2D eigenvalue weighted by Crippen LogP contribution is -2.42. The molecule has 1 atom stereocenters. The Balaban J connectivity index is 2.55. The van der Waals surface area contributed by atoms with Gasteiger partial charge < -0.3 is 19.9 Å². The number of nitrogens with one attached hydrogen (secondary N) is 1. The summed E-state index contributed by atoms with van der Waals surface area (Å²) in [5, 5.41) is 12.2. The molecular weight excluding hydrogens is 270 g/mol. The molecule has 21 heavy (non-hydrogen) atoms. The maximum Gasteiger partial charge on any atom is 0.322 e. The number of rotatable bonds is 9. The van der Waals surface area contributed by atoms with Gasteiger partial charge in [0, 0.05) is 19.1 Å². The number of benzene rings is 1. The van der Waals surface area contributed by atoms with E-state index in [9.17, 15) is 4.79 Å². The van der Waals surface area contributed by atoms with E-state index >= 15 is 0 Å². The van der Waals surface area contributed by atoms with Gasteiger partial charge in [-0.2, -0.15) is 0 Å². The zero-order valence-corrected chi connectivity index (χ0v) is 13.0. The first-order valence-corrected chi connectivity index (χ1v) is 7.24. The van der Waals surface area contributed by atoms with Crippen molar-refractivity contribution in [3.63, 3.8) is 0 Å². The van der Waals surface area contributed by atoms with Crippen molar-refractivity contribution >= 4 is 5.97 Å². The Morgan fingerprint density at radius 1 is 1.33 bits per heavy atom. The highest BCUT2D eigenvalue weighted by Crippen LogP contribution is 2.18. The van der Waals surface area contributed by atoms with Crippen molar-refractivity contribution in [3.8, 4) is 5.75 Å². The molecule has 2 N–H and O–H groups in total. The lowest BCUT2D eigenvalue weighted by Gasteiger charge is -2.19. The molecule has 1 aromatic rings. The third-order valence-corrected chi connectivity index (χ3v) is 3.04. The van der Waals surface area contributed by atoms with E-state index in [0.717, 1.165) is 11.3 Å². The maximum absolute atomic E-state index is 11.7. The van der Waals surface area contributed by atoms with Gasteiger partial charge >= 0.3 is 5.97 Å². The van der Waals surface area contributed by atoms with Crippen LogP contribution in [0.25, 0.3) is 0 Å². The average Bonchev–Trinajstić information content (AvgIpc) is 2.47. The molecule has 0 amide bonds. The third kappa shape index (κ3) is 6.14. The van der Waals surface area contributed by atoms with Gasteiger partial charge in [-0.3, -0.25) is 4.79 Å². The summed E-state index contributed by atoms with van der Waals surface area (Å²) in [7, 11) is 1.38. The van der Waals surface area contributed by atoms with Gasteiger partial charge in [0.15, 0.2) is 0 Å². The van der Waals surface area contributed by atoms with Crippen molar-refractivity contribution in [2.24, 2.45) is 0 Å². The summed E-state index contributed by atoms with van der Waals surface area (Å²) in [4.78, 5) is 11.7. The summed E-state index contributed by atoms with van der Waals surface area (Å²) in [5.74, 6) is 0.468. The monoisotopic (exact) mass is 295 g/mol. The highest BCUT2D eigenvalue weighted by molar-refractivity contribution is 5.75. The Hall–Kier alpha value is -1.59. The van der Waals surface area contributed by atoms with Crippen LogP contribution in [0.1, 0.15) is 25.8 Å². The largest absolute Gasteiger partial charge is 0.493 e. The van der Waals surface area contributed by atoms with Crippen LogP contribution in [-0.2, 0) is 16.0 Å². The van der Waals surface area contributed by atoms with Crippen LogP contribution in [0.2, 0.25) is 0 Å². The molecule has 1 rings (SSSR count). The quantitative estimate of drug-likeness (QED) is 0.676. The number of hydrogen-bond donors (Lipinski definition) is 2. The molecule has 0 bridgehead atoms. The fourth-order valence-corrected chi connectivity index (χ4v) is 2.07. The fourth-order valence-electron chi connectivity index (χ4n) is 2.07. The van der Waals surface area contributed by atoms with Gasteiger partial charge in [0.2, 0.25) is 0 Å². The number of carbonyl (C=O) groups is 1. The Morgan fingerprint density at radius 3 is 2.67 bits per heavy atom. The third-order valence-electron chi connectivity index (χ3n) is 3.04. The van der Waals surface area contributed by atoms with E-state index in [4.69, 9.17) is 14.6 Å². The van der Waals surface area contributed by atoms with Gasteiger partial charge in [0.25, 0.3) is 0 Å². The van der Waals surface area contributed by atoms with Crippen molar-refractivity contribution in [1.82, 2.24) is 5.32 Å². The number of methoxy groups -OCH3 is 1. The lowest BCUT2D eigenvalue weighted by molar-refractivity contribution is -0.143. The number of ether oxygens (including phenoxy) is 2. The van der Waals surface area contributed by atoms with Crippen molar-refractivity contribution < 1.29 is 19.4 Å². The summed E-state index contributed by atoms with van der Waals surface area (Å²) < 4.78 is 10.5. The molecule has 118 valence electrons. The highest BCUT2D eigenvalue weighted by Gasteiger charge is 2.19. The summed E-state index contributed by atoms with van der Waals surface area (Å²) >= 11 is 0. The smallest absolute Gasteiger partial charge is 0.322 e. The average molecular weight is 295 g/mol. The molecule has 0 fully saturated rings. The SMILES string of the molecule is COC(=O)C(CCOc1ccccc1CCO)NC(C)C. The molecule has 0 aromatic heterocycles. The van der Waals surface area contributed by atoms with Crippen molar-refractivity contribution in [1.29, 1.82) is 0 Å². The van der Waals surface area contributed by atoms with E-state index in [1.165, 1.54) is 7.11 Å². The summed E-state index contributed by atoms with van der Waals surface area (Å²) in [6, 6.07) is 7.41. The van der Waals surface area contributed by atoms with Gasteiger partial charge in [-0.15, -0.1) is 0 Å². The van der Waals surface area contributed by atoms with Gasteiger partial charge in [0.1, 0.15) is 11.8 Å². The molecule has 5 nitrogen and oxygen atoms in total. The van der Waals surface area contributed by atoms with E-state index in [0.29, 0.717) is 19.4 Å². The first-order valence-electron chi connectivity index (χ1n) is 7.24. The molecule has 1 aromatic carbocycles. The molecule has 0 saturated carbocycles. The van der Waals surface area contributed by atoms with Gasteiger partial charge in [-0.1, -0.05) is 32.0 Å². The highest BCUT2D eigenvalue weighted by atomic mass is 16.5. The molecule has 0 saturated heterocycles. The number of hydrogen-bond acceptors (Lipinski definition) is 5. The Bertz CT molecular complexity index is 434. The summed E-state index contributed by atoms with van der Waals surface area (Å²) in [5.41, 5.74) is 0.964. The Kier molecular flexibility index (Phi) is 7.79. The van der Waals surface area contributed by atoms with Crippen molar-refractivity contribution in [3.05, 3.63) is 29.8 Å². The molecular formula is C16H25NO4. The van der Waals surface area contributed by atoms with E-state index in [2.05, 4.69) is 5.32 Å². The normalized spacial score (nSPS) is 12.2. The van der Waals surface area contributed by atoms with Crippen LogP contribution in [0, 0.1) is 0 Å². The van der Waals surface area contributed by atoms with Crippen LogP contribution < -0.4 is 10.1 Å². The topological polar surface area (TPSA) is 67.8 Å². The zero-order chi connectivity index (χ0) is 15.7. The minimum atomic E-state index is -0.375. The van der Waals surface area contributed by atoms with Gasteiger partial charge in [-0.25, -0.2) is 0 Å². The molecule has 0 aliphatic rings. The fraction of sp³-hybridized carbons (Fsp3) is 0.562. The number of aliphatic hydroxyl groups is 1. The molecule has 0 aliphatic carbocycles. The number of esters is 1. The second-order valence-electron chi connectivity index (χ2n) is 5.12. The predicted octanol–water partition coefficient (Wildman–Crippen LogP) is 1.53. The second-order valence-corrected chi connectivity index (χ2v) is 5.12. The lowest BCUT2D eigenvalue weighted by atomic mass is 10.1. The molecule has 0 heterocycles. The Morgan fingerprint density at radius 2 is 2.05 bits per heavy atom. The second kappa shape index (κ2) is 9.37. The van der Waals surface area contributed by atoms with Crippen molar-refractivity contribution in [2.45, 2.75) is 38.8 Å². The molecule has 5 heteroatoms. The summed E-state index contributed by atoms with van der Waals surface area (Å²) in [6.45, 7) is 4.45. The van der Waals surface area contributed by atoms with E-state index in [1.807, 2.05) is 38.1 Å². The van der Waals surface area contributed by atoms with Crippen LogP contribution in [0.15, 0.2) is 24.3 Å². The summed E-state index contributed by atoms with van der Waals surface area (Å²) in [6.07, 6.45) is 1.08. The molecule has 1 unspecified atom stereocenters. The van der Waals surface area contributed by atoms with E-state index < -0.39 is 0 Å². The van der Waals surface area contributed by atoms with E-state index in [-0.39, 0.29) is 24.7 Å². The molecule has 0 radical (unpaired) electrons. The van der Waals surface area contributed by atoms with Crippen LogP contribution in [0.4, 0.5) is 0 Å². The van der Waals surface area contributed by atoms with Gasteiger partial charge in [-0.05, 0) is 18.1 Å². The predicted molar refractivity (Wildman–Crippen MR) is 81.4 cm³/mol. The Labute approximate surface area is 126 Å². The first-order chi connectivity index (χ1) is 10.1. The zero-order valence-electron chi connectivity index (χ0n) is 13.0. The van der Waals surface area contributed by atoms with Crippen LogP contribution in [0.5, 0.6) is 5.75 Å². The standard InChI is InChI=1S/C16H25NO4/c1-12(2)17-14(16(19)20-3)9-11-21-15-7-5-4-6-13(15)8-10-18/h4-7,12,14,17-18H,8-11H2,1-3H3. The number of carbonyl (C=O) groups excluding carboxylic acids is 1. The van der Waals surface area contributed by atoms with E-state index in [1.54, 1.807) is 0 Å². The molecule has 0 aliphatic heterocycles. The van der Waals surface area contributed by atoms with Gasteiger partial charge in [0.05, 0.1) is 13.7 Å². The number of aliphatic hydroxyl groups excluding tert-OH is 1. The minimum Gasteiger partial charge on any atom is -0.493 e.